The average Bonchev–Trinajstić information content (AvgIpc) is 2.38. The molecule has 1 unspecified atom stereocenters. The molecule has 0 aliphatic heterocycles. The van der Waals surface area contributed by atoms with Crippen LogP contribution >= 0.6 is 0 Å². The minimum absolute atomic E-state index is 0.423. The Bertz CT molecular complexity index is 381. The van der Waals surface area contributed by atoms with Crippen molar-refractivity contribution >= 4 is 0 Å². The summed E-state index contributed by atoms with van der Waals surface area (Å²) in [6, 6.07) is 3.62. The van der Waals surface area contributed by atoms with E-state index in [1.54, 1.807) is 34.4 Å². The fraction of sp³-hybridized carbons (Fsp3) is 0.538. The first kappa shape index (κ1) is 14.8. The van der Waals surface area contributed by atoms with Crippen LogP contribution in [-0.2, 0) is 11.3 Å². The molecule has 18 heavy (non-hydrogen) atoms. The molecule has 0 fully saturated rings. The quantitative estimate of drug-likeness (QED) is 0.764. The van der Waals surface area contributed by atoms with Crippen molar-refractivity contribution in [3.05, 3.63) is 23.3 Å². The highest BCUT2D eigenvalue weighted by atomic mass is 16.5. The van der Waals surface area contributed by atoms with Crippen molar-refractivity contribution in [3.8, 4) is 11.5 Å². The van der Waals surface area contributed by atoms with Crippen LogP contribution < -0.4 is 14.8 Å². The molecule has 0 spiro atoms. The molecule has 2 N–H and O–H groups in total. The van der Waals surface area contributed by atoms with Gasteiger partial charge in [0.25, 0.3) is 0 Å². The maximum absolute atomic E-state index is 10.1. The van der Waals surface area contributed by atoms with Gasteiger partial charge in [0, 0.05) is 30.8 Å². The van der Waals surface area contributed by atoms with E-state index in [0.717, 1.165) is 11.1 Å². The lowest BCUT2D eigenvalue weighted by molar-refractivity contribution is 0.169. The summed E-state index contributed by atoms with van der Waals surface area (Å²) in [5.74, 6) is 1.29. The van der Waals surface area contributed by atoms with E-state index in [2.05, 4.69) is 5.32 Å². The van der Waals surface area contributed by atoms with Gasteiger partial charge in [-0.15, -0.1) is 0 Å². The topological polar surface area (TPSA) is 60.0 Å². The van der Waals surface area contributed by atoms with Crippen LogP contribution in [-0.4, -0.2) is 40.0 Å². The Balaban J connectivity index is 3.17. The third-order valence-corrected chi connectivity index (χ3v) is 2.69. The van der Waals surface area contributed by atoms with Crippen LogP contribution in [0.25, 0.3) is 0 Å². The molecule has 1 atom stereocenters. The van der Waals surface area contributed by atoms with Gasteiger partial charge in [-0.25, -0.2) is 0 Å². The smallest absolute Gasteiger partial charge is 0.128 e. The summed E-state index contributed by atoms with van der Waals surface area (Å²) >= 11 is 0. The van der Waals surface area contributed by atoms with Crippen molar-refractivity contribution in [2.45, 2.75) is 12.7 Å². The Morgan fingerprint density at radius 2 is 1.83 bits per heavy atom. The molecule has 0 aliphatic rings. The van der Waals surface area contributed by atoms with Crippen molar-refractivity contribution in [2.24, 2.45) is 0 Å². The van der Waals surface area contributed by atoms with Gasteiger partial charge in [-0.1, -0.05) is 0 Å². The highest BCUT2D eigenvalue weighted by Crippen LogP contribution is 2.33. The van der Waals surface area contributed by atoms with Gasteiger partial charge in [-0.2, -0.15) is 0 Å². The highest BCUT2D eigenvalue weighted by molar-refractivity contribution is 5.47. The normalized spacial score (nSPS) is 12.3. The van der Waals surface area contributed by atoms with Crippen molar-refractivity contribution in [3.63, 3.8) is 0 Å². The van der Waals surface area contributed by atoms with Crippen molar-refractivity contribution in [1.29, 1.82) is 0 Å². The minimum atomic E-state index is -0.633. The molecule has 0 saturated carbocycles. The lowest BCUT2D eigenvalue weighted by atomic mass is 10.0. The molecule has 0 aromatic heterocycles. The number of benzene rings is 1. The van der Waals surface area contributed by atoms with Gasteiger partial charge in [0.2, 0.25) is 0 Å². The third kappa shape index (κ3) is 3.35. The van der Waals surface area contributed by atoms with Crippen LogP contribution in [0.1, 0.15) is 17.2 Å². The summed E-state index contributed by atoms with van der Waals surface area (Å²) < 4.78 is 15.7. The first-order valence-corrected chi connectivity index (χ1v) is 5.74. The summed E-state index contributed by atoms with van der Waals surface area (Å²) in [6.07, 6.45) is -0.633. The number of likely N-dealkylation sites (N-methyl/N-ethyl adjacent to an activating group) is 1. The summed E-state index contributed by atoms with van der Waals surface area (Å²) in [7, 11) is 6.57. The summed E-state index contributed by atoms with van der Waals surface area (Å²) in [5, 5.41) is 13.0. The number of hydrogen-bond donors (Lipinski definition) is 2. The van der Waals surface area contributed by atoms with E-state index < -0.39 is 6.10 Å². The van der Waals surface area contributed by atoms with Gasteiger partial charge in [-0.05, 0) is 13.1 Å². The zero-order valence-corrected chi connectivity index (χ0v) is 11.3. The molecular formula is C13H21NO4. The molecule has 0 radical (unpaired) electrons. The summed E-state index contributed by atoms with van der Waals surface area (Å²) in [5.41, 5.74) is 1.60. The van der Waals surface area contributed by atoms with Crippen molar-refractivity contribution < 1.29 is 19.3 Å². The van der Waals surface area contributed by atoms with Gasteiger partial charge in [0.15, 0.2) is 0 Å². The van der Waals surface area contributed by atoms with E-state index in [1.165, 1.54) is 0 Å². The van der Waals surface area contributed by atoms with Crippen LogP contribution in [0.2, 0.25) is 0 Å². The molecule has 5 heteroatoms. The van der Waals surface area contributed by atoms with E-state index in [-0.39, 0.29) is 0 Å². The first-order valence-electron chi connectivity index (χ1n) is 5.74. The Kier molecular flexibility index (Phi) is 5.91. The molecule has 5 nitrogen and oxygen atoms in total. The lowest BCUT2D eigenvalue weighted by Gasteiger charge is -2.18. The predicted molar refractivity (Wildman–Crippen MR) is 69.1 cm³/mol. The number of aliphatic hydroxyl groups is 1. The molecule has 0 aliphatic carbocycles. The summed E-state index contributed by atoms with van der Waals surface area (Å²) in [4.78, 5) is 0. The Morgan fingerprint density at radius 3 is 2.33 bits per heavy atom. The van der Waals surface area contributed by atoms with Crippen LogP contribution in [0, 0.1) is 0 Å². The Labute approximate surface area is 108 Å². The van der Waals surface area contributed by atoms with Crippen LogP contribution in [0.3, 0.4) is 0 Å². The molecule has 0 saturated heterocycles. The standard InChI is InChI=1S/C13H21NO4/c1-14-7-11(15)10-5-9(8-16-2)12(17-3)6-13(10)18-4/h5-6,11,14-15H,7-8H2,1-4H3. The zero-order chi connectivity index (χ0) is 13.5. The molecule has 1 aromatic rings. The van der Waals surface area contributed by atoms with E-state index in [0.29, 0.717) is 24.7 Å². The van der Waals surface area contributed by atoms with E-state index in [9.17, 15) is 5.11 Å². The van der Waals surface area contributed by atoms with E-state index in [1.807, 2.05) is 6.07 Å². The number of methoxy groups -OCH3 is 3. The number of nitrogens with one attached hydrogen (secondary N) is 1. The van der Waals surface area contributed by atoms with Crippen LogP contribution in [0.4, 0.5) is 0 Å². The molecular weight excluding hydrogens is 234 g/mol. The van der Waals surface area contributed by atoms with Gasteiger partial charge < -0.3 is 24.6 Å². The fourth-order valence-corrected chi connectivity index (χ4v) is 1.82. The van der Waals surface area contributed by atoms with Crippen LogP contribution in [0.15, 0.2) is 12.1 Å². The van der Waals surface area contributed by atoms with Gasteiger partial charge in [-0.3, -0.25) is 0 Å². The first-order chi connectivity index (χ1) is 8.67. The van der Waals surface area contributed by atoms with Gasteiger partial charge >= 0.3 is 0 Å². The molecule has 0 amide bonds. The predicted octanol–water partition coefficient (Wildman–Crippen LogP) is 1.10. The van der Waals surface area contributed by atoms with Crippen molar-refractivity contribution in [1.82, 2.24) is 5.32 Å². The number of ether oxygens (including phenoxy) is 3. The van der Waals surface area contributed by atoms with Gasteiger partial charge in [0.05, 0.1) is 26.9 Å². The molecule has 0 bridgehead atoms. The van der Waals surface area contributed by atoms with E-state index >= 15 is 0 Å². The minimum Gasteiger partial charge on any atom is -0.496 e. The van der Waals surface area contributed by atoms with Gasteiger partial charge in [0.1, 0.15) is 11.5 Å². The highest BCUT2D eigenvalue weighted by Gasteiger charge is 2.16. The second-order valence-corrected chi connectivity index (χ2v) is 3.91. The second kappa shape index (κ2) is 7.20. The van der Waals surface area contributed by atoms with E-state index in [4.69, 9.17) is 14.2 Å². The third-order valence-electron chi connectivity index (χ3n) is 2.69. The maximum Gasteiger partial charge on any atom is 0.128 e. The monoisotopic (exact) mass is 255 g/mol. The maximum atomic E-state index is 10.1. The Morgan fingerprint density at radius 1 is 1.17 bits per heavy atom. The molecule has 0 heterocycles. The fourth-order valence-electron chi connectivity index (χ4n) is 1.82. The summed E-state index contributed by atoms with van der Waals surface area (Å²) in [6.45, 7) is 0.877. The lowest BCUT2D eigenvalue weighted by Crippen LogP contribution is -2.17. The molecule has 102 valence electrons. The SMILES string of the molecule is CNCC(O)c1cc(COC)c(OC)cc1OC. The number of rotatable bonds is 7. The number of aliphatic hydroxyl groups excluding tert-OH is 1. The number of hydrogen-bond acceptors (Lipinski definition) is 5. The second-order valence-electron chi connectivity index (χ2n) is 3.91. The molecule has 1 rings (SSSR count). The largest absolute Gasteiger partial charge is 0.496 e. The van der Waals surface area contributed by atoms with Crippen molar-refractivity contribution in [2.75, 3.05) is 34.9 Å². The van der Waals surface area contributed by atoms with Crippen LogP contribution in [0.5, 0.6) is 11.5 Å². The Hall–Kier alpha value is -1.30. The zero-order valence-electron chi connectivity index (χ0n) is 11.3. The molecule has 1 aromatic carbocycles. The average molecular weight is 255 g/mol.